The number of rotatable bonds is 5. The molecule has 0 saturated heterocycles. The molecule has 0 heterocycles. The van der Waals surface area contributed by atoms with Crippen LogP contribution in [0.2, 0.25) is 0 Å². The summed E-state index contributed by atoms with van der Waals surface area (Å²) in [6.07, 6.45) is 8.30. The van der Waals surface area contributed by atoms with Gasteiger partial charge >= 0.3 is 6.09 Å². The Balaban J connectivity index is 1.64. The molecular formula is C20H34N2O3. The number of hydrogen-bond donors (Lipinski definition) is 2. The van der Waals surface area contributed by atoms with Crippen molar-refractivity contribution in [3.8, 4) is 0 Å². The van der Waals surface area contributed by atoms with Crippen LogP contribution in [0, 0.1) is 17.3 Å². The number of carbonyl (C=O) groups excluding carboxylic acids is 2. The Morgan fingerprint density at radius 2 is 1.64 bits per heavy atom. The Bertz CT molecular complexity index is 508. The fourth-order valence-corrected chi connectivity index (χ4v) is 4.13. The quantitative estimate of drug-likeness (QED) is 0.793. The zero-order valence-electron chi connectivity index (χ0n) is 16.2. The van der Waals surface area contributed by atoms with Gasteiger partial charge in [-0.15, -0.1) is 0 Å². The number of hydrogen-bond acceptors (Lipinski definition) is 3. The fraction of sp³-hybridized carbons (Fsp3) is 0.900. The molecular weight excluding hydrogens is 316 g/mol. The lowest BCUT2D eigenvalue weighted by Gasteiger charge is -2.41. The monoisotopic (exact) mass is 350 g/mol. The van der Waals surface area contributed by atoms with Crippen LogP contribution in [0.3, 0.4) is 0 Å². The van der Waals surface area contributed by atoms with Crippen molar-refractivity contribution in [2.75, 3.05) is 0 Å². The van der Waals surface area contributed by atoms with Gasteiger partial charge in [0.05, 0.1) is 5.41 Å². The van der Waals surface area contributed by atoms with Gasteiger partial charge in [0.1, 0.15) is 5.60 Å². The average Bonchev–Trinajstić information content (AvgIpc) is 3.37. The molecule has 3 saturated carbocycles. The van der Waals surface area contributed by atoms with Gasteiger partial charge in [-0.1, -0.05) is 12.8 Å². The molecule has 142 valence electrons. The topological polar surface area (TPSA) is 67.4 Å². The van der Waals surface area contributed by atoms with E-state index in [9.17, 15) is 9.59 Å². The van der Waals surface area contributed by atoms with Crippen LogP contribution in [0.1, 0.15) is 79.1 Å². The molecule has 0 aliphatic heterocycles. The first-order valence-electron chi connectivity index (χ1n) is 9.99. The Labute approximate surface area is 151 Å². The van der Waals surface area contributed by atoms with Crippen molar-refractivity contribution in [2.24, 2.45) is 17.3 Å². The third-order valence-electron chi connectivity index (χ3n) is 5.98. The van der Waals surface area contributed by atoms with Crippen molar-refractivity contribution in [2.45, 2.75) is 96.7 Å². The van der Waals surface area contributed by atoms with Gasteiger partial charge in [0.25, 0.3) is 0 Å². The SMILES string of the molecule is CC(C)(C)OC(=O)N[C@@H]1CCCC[C@]1(C)C(=O)NC(C1CC1)C1CC1. The Hall–Kier alpha value is -1.26. The Kier molecular flexibility index (Phi) is 5.04. The van der Waals surface area contributed by atoms with Gasteiger partial charge in [-0.2, -0.15) is 0 Å². The van der Waals surface area contributed by atoms with Gasteiger partial charge in [-0.05, 0) is 78.1 Å². The van der Waals surface area contributed by atoms with Crippen LogP contribution in [0.5, 0.6) is 0 Å². The lowest BCUT2D eigenvalue weighted by molar-refractivity contribution is -0.134. The standard InChI is InChI=1S/C20H34N2O3/c1-19(2,3)25-18(24)21-15-7-5-6-12-20(15,4)17(23)22-16(13-8-9-13)14-10-11-14/h13-16H,5-12H2,1-4H3,(H,21,24)(H,22,23)/t15-,20+/m1/s1. The highest BCUT2D eigenvalue weighted by molar-refractivity contribution is 5.84. The van der Waals surface area contributed by atoms with Crippen molar-refractivity contribution < 1.29 is 14.3 Å². The lowest BCUT2D eigenvalue weighted by atomic mass is 9.70. The minimum absolute atomic E-state index is 0.122. The first-order valence-corrected chi connectivity index (χ1v) is 9.99. The molecule has 0 bridgehead atoms. The molecule has 3 fully saturated rings. The molecule has 3 aliphatic rings. The number of ether oxygens (including phenoxy) is 1. The number of alkyl carbamates (subject to hydrolysis) is 1. The molecule has 5 heteroatoms. The highest BCUT2D eigenvalue weighted by Crippen LogP contribution is 2.45. The normalized spacial score (nSPS) is 30.0. The van der Waals surface area contributed by atoms with E-state index in [1.165, 1.54) is 25.7 Å². The minimum atomic E-state index is -0.544. The van der Waals surface area contributed by atoms with Crippen molar-refractivity contribution >= 4 is 12.0 Å². The maximum Gasteiger partial charge on any atom is 0.407 e. The minimum Gasteiger partial charge on any atom is -0.444 e. The second kappa shape index (κ2) is 6.81. The Morgan fingerprint density at radius 3 is 2.16 bits per heavy atom. The second-order valence-electron chi connectivity index (χ2n) is 9.54. The van der Waals surface area contributed by atoms with Crippen LogP contribution in [-0.2, 0) is 9.53 Å². The number of nitrogens with one attached hydrogen (secondary N) is 2. The summed E-state index contributed by atoms with van der Waals surface area (Å²) >= 11 is 0. The van der Waals surface area contributed by atoms with E-state index in [0.717, 1.165) is 25.7 Å². The van der Waals surface area contributed by atoms with Crippen molar-refractivity contribution in [3.05, 3.63) is 0 Å². The highest BCUT2D eigenvalue weighted by Gasteiger charge is 2.48. The van der Waals surface area contributed by atoms with E-state index in [4.69, 9.17) is 4.74 Å². The molecule has 3 rings (SSSR count). The molecule has 2 atom stereocenters. The van der Waals surface area contributed by atoms with Gasteiger partial charge < -0.3 is 15.4 Å². The highest BCUT2D eigenvalue weighted by atomic mass is 16.6. The summed E-state index contributed by atoms with van der Waals surface area (Å²) in [6, 6.07) is 0.198. The van der Waals surface area contributed by atoms with E-state index in [1.54, 1.807) is 0 Å². The van der Waals surface area contributed by atoms with Crippen LogP contribution >= 0.6 is 0 Å². The lowest BCUT2D eigenvalue weighted by Crippen LogP contribution is -2.57. The van der Waals surface area contributed by atoms with Crippen molar-refractivity contribution in [1.82, 2.24) is 10.6 Å². The van der Waals surface area contributed by atoms with Crippen molar-refractivity contribution in [3.63, 3.8) is 0 Å². The zero-order chi connectivity index (χ0) is 18.2. The average molecular weight is 351 g/mol. The molecule has 0 radical (unpaired) electrons. The summed E-state index contributed by atoms with van der Waals surface area (Å²) in [5.41, 5.74) is -1.07. The first kappa shape index (κ1) is 18.5. The molecule has 2 N–H and O–H groups in total. The zero-order valence-corrected chi connectivity index (χ0v) is 16.2. The maximum absolute atomic E-state index is 13.2. The summed E-state index contributed by atoms with van der Waals surface area (Å²) < 4.78 is 5.41. The third kappa shape index (κ3) is 4.68. The maximum atomic E-state index is 13.2. The number of amides is 2. The number of carbonyl (C=O) groups is 2. The second-order valence-corrected chi connectivity index (χ2v) is 9.54. The first-order chi connectivity index (χ1) is 11.7. The molecule has 25 heavy (non-hydrogen) atoms. The van der Waals surface area contributed by atoms with Crippen LogP contribution in [0.4, 0.5) is 4.79 Å². The van der Waals surface area contributed by atoms with Crippen molar-refractivity contribution in [1.29, 1.82) is 0 Å². The summed E-state index contributed by atoms with van der Waals surface area (Å²) in [6.45, 7) is 7.58. The van der Waals surface area contributed by atoms with Gasteiger partial charge in [0.2, 0.25) is 5.91 Å². The van der Waals surface area contributed by atoms with E-state index < -0.39 is 17.1 Å². The summed E-state index contributed by atoms with van der Waals surface area (Å²) in [7, 11) is 0. The molecule has 0 aromatic carbocycles. The molecule has 0 aromatic rings. The predicted molar refractivity (Wildman–Crippen MR) is 97.1 cm³/mol. The van der Waals surface area contributed by atoms with Gasteiger partial charge in [0, 0.05) is 12.1 Å². The smallest absolute Gasteiger partial charge is 0.407 e. The Morgan fingerprint density at radius 1 is 1.04 bits per heavy atom. The summed E-state index contributed by atoms with van der Waals surface area (Å²) in [5, 5.41) is 6.36. The fourth-order valence-electron chi connectivity index (χ4n) is 4.13. The molecule has 5 nitrogen and oxygen atoms in total. The summed E-state index contributed by atoms with van der Waals surface area (Å²) in [5.74, 6) is 1.49. The third-order valence-corrected chi connectivity index (χ3v) is 5.98. The predicted octanol–water partition coefficient (Wildman–Crippen LogP) is 3.76. The summed E-state index contributed by atoms with van der Waals surface area (Å²) in [4.78, 5) is 25.4. The van der Waals surface area contributed by atoms with E-state index in [1.807, 2.05) is 27.7 Å². The van der Waals surface area contributed by atoms with Gasteiger partial charge in [0.15, 0.2) is 0 Å². The van der Waals surface area contributed by atoms with E-state index in [0.29, 0.717) is 17.9 Å². The molecule has 3 aliphatic carbocycles. The molecule has 0 spiro atoms. The molecule has 2 amide bonds. The van der Waals surface area contributed by atoms with Crippen LogP contribution in [0.25, 0.3) is 0 Å². The molecule has 0 aromatic heterocycles. The van der Waals surface area contributed by atoms with E-state index >= 15 is 0 Å². The van der Waals surface area contributed by atoms with Crippen LogP contribution < -0.4 is 10.6 Å². The van der Waals surface area contributed by atoms with Gasteiger partial charge in [-0.25, -0.2) is 4.79 Å². The van der Waals surface area contributed by atoms with Gasteiger partial charge in [-0.3, -0.25) is 4.79 Å². The van der Waals surface area contributed by atoms with Crippen LogP contribution in [0.15, 0.2) is 0 Å². The van der Waals surface area contributed by atoms with E-state index in [2.05, 4.69) is 10.6 Å². The molecule has 0 unspecified atom stereocenters. The van der Waals surface area contributed by atoms with Crippen LogP contribution in [-0.4, -0.2) is 29.7 Å². The van der Waals surface area contributed by atoms with E-state index in [-0.39, 0.29) is 11.9 Å². The largest absolute Gasteiger partial charge is 0.444 e.